The lowest BCUT2D eigenvalue weighted by atomic mass is 10.2. The molecule has 0 spiro atoms. The van der Waals surface area contributed by atoms with Crippen LogP contribution in [0.4, 0.5) is 0 Å². The van der Waals surface area contributed by atoms with Crippen molar-refractivity contribution in [3.05, 3.63) is 57.7 Å². The third kappa shape index (κ3) is 7.21. The molecular weight excluding hydrogens is 471 g/mol. The van der Waals surface area contributed by atoms with Crippen LogP contribution in [0.1, 0.15) is 23.2 Å². The number of carbonyl (C=O) groups is 2. The van der Waals surface area contributed by atoms with Gasteiger partial charge in [-0.25, -0.2) is 4.79 Å². The normalized spacial score (nSPS) is 10.2. The Labute approximate surface area is 170 Å². The Morgan fingerprint density at radius 2 is 1.58 bits per heavy atom. The first kappa shape index (κ1) is 20.5. The summed E-state index contributed by atoms with van der Waals surface area (Å²) in [6.45, 7) is 0.691. The number of carbonyl (C=O) groups excluding carboxylic acids is 2. The highest BCUT2D eigenvalue weighted by molar-refractivity contribution is 14.1. The van der Waals surface area contributed by atoms with Crippen molar-refractivity contribution in [2.75, 3.05) is 19.1 Å². The molecule has 0 aliphatic rings. The van der Waals surface area contributed by atoms with Crippen molar-refractivity contribution in [3.63, 3.8) is 0 Å². The fourth-order valence-electron chi connectivity index (χ4n) is 1.94. The highest BCUT2D eigenvalue weighted by atomic mass is 127. The van der Waals surface area contributed by atoms with Gasteiger partial charge in [0.25, 0.3) is 0 Å². The molecule has 7 heteroatoms. The first-order chi connectivity index (χ1) is 12.6. The number of hydrogen-bond acceptors (Lipinski definition) is 5. The van der Waals surface area contributed by atoms with Crippen LogP contribution in [0.15, 0.2) is 48.5 Å². The van der Waals surface area contributed by atoms with Gasteiger partial charge in [0.05, 0.1) is 25.2 Å². The summed E-state index contributed by atoms with van der Waals surface area (Å²) < 4.78 is 16.9. The molecule has 0 fully saturated rings. The van der Waals surface area contributed by atoms with Crippen molar-refractivity contribution in [3.8, 4) is 11.5 Å². The monoisotopic (exact) mass is 488 g/mol. The highest BCUT2D eigenvalue weighted by Gasteiger charge is 2.09. The first-order valence-corrected chi connectivity index (χ1v) is 9.62. The van der Waals surface area contributed by atoms with Crippen LogP contribution >= 0.6 is 34.2 Å². The third-order valence-electron chi connectivity index (χ3n) is 3.23. The zero-order valence-electron chi connectivity index (χ0n) is 14.0. The SMILES string of the molecule is O=C(CCCl)OCCCOc1ccc(C(=O)Oc2ccc(I)cc2)cc1. The molecule has 26 heavy (non-hydrogen) atoms. The van der Waals surface area contributed by atoms with Crippen LogP contribution < -0.4 is 9.47 Å². The van der Waals surface area contributed by atoms with Crippen molar-refractivity contribution in [2.24, 2.45) is 0 Å². The fourth-order valence-corrected chi connectivity index (χ4v) is 2.45. The summed E-state index contributed by atoms with van der Waals surface area (Å²) in [6.07, 6.45) is 0.785. The van der Waals surface area contributed by atoms with E-state index in [9.17, 15) is 9.59 Å². The average Bonchev–Trinajstić information content (AvgIpc) is 2.64. The van der Waals surface area contributed by atoms with Gasteiger partial charge in [-0.15, -0.1) is 11.6 Å². The van der Waals surface area contributed by atoms with Crippen LogP contribution in [-0.2, 0) is 9.53 Å². The second kappa shape index (κ2) is 11.0. The standard InChI is InChI=1S/C19H18ClIO5/c20-11-10-18(22)25-13-1-12-24-16-6-2-14(3-7-16)19(23)26-17-8-4-15(21)5-9-17/h2-9H,1,10-13H2. The van der Waals surface area contributed by atoms with Crippen molar-refractivity contribution >= 4 is 46.1 Å². The Bertz CT molecular complexity index is 716. The molecule has 0 atom stereocenters. The van der Waals surface area contributed by atoms with E-state index < -0.39 is 5.97 Å². The molecule has 0 unspecified atom stereocenters. The number of rotatable bonds is 9. The topological polar surface area (TPSA) is 61.8 Å². The highest BCUT2D eigenvalue weighted by Crippen LogP contribution is 2.17. The predicted molar refractivity (Wildman–Crippen MR) is 107 cm³/mol. The molecule has 0 radical (unpaired) electrons. The van der Waals surface area contributed by atoms with E-state index in [4.69, 9.17) is 25.8 Å². The molecule has 5 nitrogen and oxygen atoms in total. The number of benzene rings is 2. The van der Waals surface area contributed by atoms with Crippen molar-refractivity contribution in [2.45, 2.75) is 12.8 Å². The van der Waals surface area contributed by atoms with Gasteiger partial charge in [0.15, 0.2) is 0 Å². The average molecular weight is 489 g/mol. The Balaban J connectivity index is 1.74. The zero-order valence-corrected chi connectivity index (χ0v) is 16.9. The number of ether oxygens (including phenoxy) is 3. The van der Waals surface area contributed by atoms with Crippen LogP contribution in [-0.4, -0.2) is 31.0 Å². The Morgan fingerprint density at radius 3 is 2.23 bits per heavy atom. The molecule has 0 bridgehead atoms. The van der Waals surface area contributed by atoms with Gasteiger partial charge in [0.2, 0.25) is 0 Å². The number of hydrogen-bond donors (Lipinski definition) is 0. The lowest BCUT2D eigenvalue weighted by Crippen LogP contribution is -2.10. The van der Waals surface area contributed by atoms with Gasteiger partial charge in [0.1, 0.15) is 11.5 Å². The van der Waals surface area contributed by atoms with E-state index in [1.807, 2.05) is 12.1 Å². The van der Waals surface area contributed by atoms with E-state index in [0.717, 1.165) is 3.57 Å². The minimum absolute atomic E-state index is 0.211. The smallest absolute Gasteiger partial charge is 0.343 e. The Morgan fingerprint density at radius 1 is 0.923 bits per heavy atom. The molecule has 0 aromatic heterocycles. The number of esters is 2. The maximum absolute atomic E-state index is 12.1. The summed E-state index contributed by atoms with van der Waals surface area (Å²) in [5, 5.41) is 0. The predicted octanol–water partition coefficient (Wildman–Crippen LogP) is 4.45. The summed E-state index contributed by atoms with van der Waals surface area (Å²) in [6, 6.07) is 13.9. The molecule has 0 heterocycles. The summed E-state index contributed by atoms with van der Waals surface area (Å²) in [4.78, 5) is 23.2. The zero-order chi connectivity index (χ0) is 18.8. The van der Waals surface area contributed by atoms with Gasteiger partial charge < -0.3 is 14.2 Å². The van der Waals surface area contributed by atoms with Gasteiger partial charge in [-0.2, -0.15) is 0 Å². The molecule has 138 valence electrons. The minimum Gasteiger partial charge on any atom is -0.493 e. The second-order valence-electron chi connectivity index (χ2n) is 5.23. The van der Waals surface area contributed by atoms with E-state index >= 15 is 0 Å². The summed E-state index contributed by atoms with van der Waals surface area (Å²) >= 11 is 7.63. The van der Waals surface area contributed by atoms with Gasteiger partial charge in [-0.1, -0.05) is 0 Å². The largest absolute Gasteiger partial charge is 0.493 e. The van der Waals surface area contributed by atoms with Crippen molar-refractivity contribution in [1.82, 2.24) is 0 Å². The Hall–Kier alpha value is -1.80. The second-order valence-corrected chi connectivity index (χ2v) is 6.85. The molecule has 2 aromatic carbocycles. The van der Waals surface area contributed by atoms with Gasteiger partial charge >= 0.3 is 11.9 Å². The maximum atomic E-state index is 12.1. The van der Waals surface area contributed by atoms with E-state index in [1.165, 1.54) is 0 Å². The molecule has 0 aliphatic carbocycles. The van der Waals surface area contributed by atoms with Crippen molar-refractivity contribution in [1.29, 1.82) is 0 Å². The van der Waals surface area contributed by atoms with Crippen LogP contribution in [0.3, 0.4) is 0 Å². The molecule has 0 aliphatic heterocycles. The fraction of sp³-hybridized carbons (Fsp3) is 0.263. The summed E-state index contributed by atoms with van der Waals surface area (Å²) in [5.74, 6) is 0.649. The molecule has 0 amide bonds. The lowest BCUT2D eigenvalue weighted by molar-refractivity contribution is -0.143. The van der Waals surface area contributed by atoms with E-state index in [1.54, 1.807) is 36.4 Å². The van der Waals surface area contributed by atoms with Gasteiger partial charge in [0, 0.05) is 15.9 Å². The van der Waals surface area contributed by atoms with Crippen LogP contribution in [0.5, 0.6) is 11.5 Å². The van der Waals surface area contributed by atoms with Crippen molar-refractivity contribution < 1.29 is 23.8 Å². The molecule has 0 saturated heterocycles. The third-order valence-corrected chi connectivity index (χ3v) is 4.14. The maximum Gasteiger partial charge on any atom is 0.343 e. The molecular formula is C19H18ClIO5. The number of halogens is 2. The van der Waals surface area contributed by atoms with E-state index in [2.05, 4.69) is 22.6 Å². The molecule has 2 aromatic rings. The van der Waals surface area contributed by atoms with Gasteiger partial charge in [-0.3, -0.25) is 4.79 Å². The minimum atomic E-state index is -0.427. The summed E-state index contributed by atoms with van der Waals surface area (Å²) in [5.41, 5.74) is 0.436. The molecule has 2 rings (SSSR count). The van der Waals surface area contributed by atoms with E-state index in [0.29, 0.717) is 30.1 Å². The van der Waals surface area contributed by atoms with Gasteiger partial charge in [-0.05, 0) is 71.1 Å². The van der Waals surface area contributed by atoms with Crippen LogP contribution in [0.2, 0.25) is 0 Å². The first-order valence-electron chi connectivity index (χ1n) is 8.00. The number of alkyl halides is 1. The van der Waals surface area contributed by atoms with E-state index in [-0.39, 0.29) is 24.9 Å². The summed E-state index contributed by atoms with van der Waals surface area (Å²) in [7, 11) is 0. The van der Waals surface area contributed by atoms with Crippen LogP contribution in [0, 0.1) is 3.57 Å². The molecule has 0 saturated carbocycles. The lowest BCUT2D eigenvalue weighted by Gasteiger charge is -2.08. The van der Waals surface area contributed by atoms with Crippen LogP contribution in [0.25, 0.3) is 0 Å². The Kier molecular flexibility index (Phi) is 8.70. The molecule has 0 N–H and O–H groups in total. The quantitative estimate of drug-likeness (QED) is 0.172.